The molecule has 0 aliphatic carbocycles. The van der Waals surface area contributed by atoms with Crippen LogP contribution in [0.25, 0.3) is 44.3 Å². The van der Waals surface area contributed by atoms with E-state index >= 15 is 0 Å². The van der Waals surface area contributed by atoms with Crippen molar-refractivity contribution in [3.8, 4) is 16.9 Å². The van der Waals surface area contributed by atoms with Gasteiger partial charge < -0.3 is 25.4 Å². The average molecular weight is 1220 g/mol. The van der Waals surface area contributed by atoms with Crippen LogP contribution in [0.4, 0.5) is 14.5 Å². The van der Waals surface area contributed by atoms with E-state index in [-0.39, 0.29) is 35.7 Å². The molecular formula is C70H76B2F2GeN4O7. The Morgan fingerprint density at radius 2 is 1.23 bits per heavy atom. The van der Waals surface area contributed by atoms with Gasteiger partial charge in [-0.25, -0.2) is 8.78 Å². The molecular weight excluding hydrogens is 1140 g/mol. The van der Waals surface area contributed by atoms with Crippen LogP contribution < -0.4 is 45.5 Å². The number of anilines is 1. The number of methoxy groups -OCH3 is 1. The molecule has 0 radical (unpaired) electrons. The molecule has 0 saturated carbocycles. The number of carbonyl (C=O) groups excluding carboxylic acids is 2. The summed E-state index contributed by atoms with van der Waals surface area (Å²) in [4.78, 5) is 29.9. The Kier molecular flexibility index (Phi) is 20.2. The molecule has 1 aliphatic rings. The molecule has 1 heterocycles. The van der Waals surface area contributed by atoms with Gasteiger partial charge in [0, 0.05) is 38.2 Å². The zero-order valence-corrected chi connectivity index (χ0v) is 52.4. The predicted molar refractivity (Wildman–Crippen MR) is 350 cm³/mol. The molecule has 86 heavy (non-hydrogen) atoms. The third-order valence-corrected chi connectivity index (χ3v) is 24.3. The van der Waals surface area contributed by atoms with Crippen molar-refractivity contribution in [2.24, 2.45) is 0 Å². The van der Waals surface area contributed by atoms with Crippen molar-refractivity contribution in [1.82, 2.24) is 15.1 Å². The van der Waals surface area contributed by atoms with Gasteiger partial charge in [-0.05, 0) is 91.5 Å². The normalized spacial score (nSPS) is 12.8. The number of fused-ring (bicyclic) bond motifs is 4. The molecule has 8 aromatic carbocycles. The third-order valence-electron chi connectivity index (χ3n) is 16.9. The van der Waals surface area contributed by atoms with Crippen LogP contribution in [0, 0.1) is 11.6 Å². The van der Waals surface area contributed by atoms with Crippen molar-refractivity contribution in [2.45, 2.75) is 84.1 Å². The summed E-state index contributed by atoms with van der Waals surface area (Å²) in [5, 5.41) is 54.8. The summed E-state index contributed by atoms with van der Waals surface area (Å²) < 4.78 is 38.6. The van der Waals surface area contributed by atoms with Gasteiger partial charge in [-0.3, -0.25) is 14.5 Å². The topological polar surface area (TPSA) is 155 Å². The van der Waals surface area contributed by atoms with Crippen LogP contribution in [0.1, 0.15) is 79.8 Å². The van der Waals surface area contributed by atoms with Crippen molar-refractivity contribution in [3.63, 3.8) is 0 Å². The van der Waals surface area contributed by atoms with E-state index in [1.807, 2.05) is 25.2 Å². The van der Waals surface area contributed by atoms with Gasteiger partial charge in [-0.1, -0.05) is 43.5 Å². The molecule has 0 bridgehead atoms. The van der Waals surface area contributed by atoms with Gasteiger partial charge in [0.2, 0.25) is 5.91 Å². The van der Waals surface area contributed by atoms with Crippen LogP contribution in [-0.4, -0.2) is 103 Å². The monoisotopic (exact) mass is 1220 g/mol. The number of rotatable bonds is 25. The standard InChI is InChI=1S/C70H76B2F2GeN4O7/c1-10-46-19-27-57-65(34-46)75(6,7)66-39-53(76-8)26-29-58(66)69(57)60-36-48(23-30-68(60)86-9)47-22-28-56-59(35-47)62(43-78(32-14-13-18-67(80)44(2)3)40-49-20-24-51(73)37-63(49)71(82)83)55-17-12-11-16-54(55)61(56)42-79(33-15-31-77-70(81)45(4)5)41-50-21-25-52(74)38-64(50)72(84)85/h10-12,16-17,19-30,34-39,76,82-85H,2,4,13-15,18,31-33,40-43H2,1,3,5-9H3,(H,77,81)/b46-10+. The first-order valence-corrected chi connectivity index (χ1v) is 35.7. The molecule has 442 valence electrons. The molecule has 1 aliphatic heterocycles. The maximum absolute atomic E-state index is 14.8. The summed E-state index contributed by atoms with van der Waals surface area (Å²) in [6.07, 6.45) is 4.22. The van der Waals surface area contributed by atoms with E-state index in [9.17, 15) is 38.5 Å². The number of allylic oxidation sites excluding steroid dienone is 1. The summed E-state index contributed by atoms with van der Waals surface area (Å²) in [6.45, 7) is 15.6. The quantitative estimate of drug-likeness (QED) is 0.0144. The van der Waals surface area contributed by atoms with Crippen LogP contribution >= 0.6 is 0 Å². The summed E-state index contributed by atoms with van der Waals surface area (Å²) in [7, 11) is -0.182. The molecule has 0 fully saturated rings. The summed E-state index contributed by atoms with van der Waals surface area (Å²) in [5.41, 5.74) is 10.2. The number of ether oxygens (including phenoxy) is 1. The Morgan fingerprint density at radius 3 is 1.81 bits per heavy atom. The molecule has 0 aromatic heterocycles. The van der Waals surface area contributed by atoms with E-state index in [2.05, 4.69) is 137 Å². The molecule has 9 rings (SSSR count). The molecule has 0 saturated heterocycles. The Morgan fingerprint density at radius 1 is 0.640 bits per heavy atom. The predicted octanol–water partition coefficient (Wildman–Crippen LogP) is 7.93. The Hall–Kier alpha value is -7.47. The number of nitrogens with one attached hydrogen (secondary N) is 2. The van der Waals surface area contributed by atoms with Gasteiger partial charge in [-0.15, -0.1) is 0 Å². The first-order chi connectivity index (χ1) is 41.2. The van der Waals surface area contributed by atoms with E-state index in [4.69, 9.17) is 4.74 Å². The van der Waals surface area contributed by atoms with Gasteiger partial charge in [0.25, 0.3) is 0 Å². The minimum absolute atomic E-state index is 0.00901. The van der Waals surface area contributed by atoms with Crippen molar-refractivity contribution < 1.29 is 43.2 Å². The van der Waals surface area contributed by atoms with E-state index in [1.165, 1.54) is 36.9 Å². The van der Waals surface area contributed by atoms with Crippen LogP contribution in [0.2, 0.25) is 11.5 Å². The number of unbranched alkanes of at least 4 members (excludes halogenated alkanes) is 1. The molecule has 1 amide bonds. The van der Waals surface area contributed by atoms with Crippen LogP contribution in [0.15, 0.2) is 158 Å². The van der Waals surface area contributed by atoms with Gasteiger partial charge >= 0.3 is 264 Å². The summed E-state index contributed by atoms with van der Waals surface area (Å²) in [6, 6.07) is 42.8. The van der Waals surface area contributed by atoms with E-state index in [0.717, 1.165) is 78.5 Å². The fourth-order valence-electron chi connectivity index (χ4n) is 12.2. The van der Waals surface area contributed by atoms with Crippen LogP contribution in [0.5, 0.6) is 5.75 Å². The number of carbonyl (C=O) groups is 2. The number of Topliss-reactive ketones (excluding diaryl/α,β-unsaturated/α-hetero) is 1. The summed E-state index contributed by atoms with van der Waals surface area (Å²) in [5.74, 6) is 4.22. The molecule has 8 aromatic rings. The number of amides is 1. The number of nitrogens with zero attached hydrogens (tertiary/aromatic N) is 2. The second-order valence-electron chi connectivity index (χ2n) is 23.2. The molecule has 0 unspecified atom stereocenters. The Labute approximate surface area is 506 Å². The minimum atomic E-state index is -2.92. The molecule has 16 heteroatoms. The number of ketones is 1. The van der Waals surface area contributed by atoms with Gasteiger partial charge in [-0.2, -0.15) is 0 Å². The number of hydrogen-bond acceptors (Lipinski definition) is 10. The second-order valence-corrected chi connectivity index (χ2v) is 32.3. The number of benzene rings is 8. The average Bonchev–Trinajstić information content (AvgIpc) is 0.776. The third kappa shape index (κ3) is 13.9. The van der Waals surface area contributed by atoms with Crippen molar-refractivity contribution in [1.29, 1.82) is 0 Å². The van der Waals surface area contributed by atoms with E-state index in [0.29, 0.717) is 80.7 Å². The fraction of sp³-hybridized carbons (Fsp3) is 0.257. The second kappa shape index (κ2) is 27.5. The fourth-order valence-corrected chi connectivity index (χ4v) is 18.7. The Bertz CT molecular complexity index is 4060. The molecule has 0 atom stereocenters. The number of halogens is 2. The van der Waals surface area contributed by atoms with Crippen LogP contribution in [0.3, 0.4) is 0 Å². The molecule has 0 spiro atoms. The van der Waals surface area contributed by atoms with Gasteiger partial charge in [0.05, 0.1) is 0 Å². The van der Waals surface area contributed by atoms with Crippen LogP contribution in [-0.2, 0) is 35.8 Å². The first kappa shape index (κ1) is 63.0. The first-order valence-electron chi connectivity index (χ1n) is 29.4. The molecule has 6 N–H and O–H groups in total. The molecule has 11 nitrogen and oxygen atoms in total. The number of hydrogen-bond donors (Lipinski definition) is 6. The van der Waals surface area contributed by atoms with Gasteiger partial charge in [0.1, 0.15) is 11.6 Å². The summed E-state index contributed by atoms with van der Waals surface area (Å²) >= 11 is -2.92. The van der Waals surface area contributed by atoms with Crippen molar-refractivity contribution >= 4 is 97.8 Å². The van der Waals surface area contributed by atoms with E-state index < -0.39 is 39.1 Å². The van der Waals surface area contributed by atoms with Crippen molar-refractivity contribution in [3.05, 3.63) is 213 Å². The zero-order chi connectivity index (χ0) is 61.6. The SMILES string of the molecule is C=C(C)C(=O)CCCCN(Cc1ccc(F)cc1B(O)O)Cc1c2ccccc2c(CN(CCCNC(=O)C(=C)C)Cc2ccc(F)cc2B(O)O)c2ccc(-c3ccc(OC)c(C4=c5cc/c(=C\C)c[c]5[Ge]([CH3])([CH3])[c]5cc(NC)ccc54)c3)cc12. The maximum atomic E-state index is 14.8. The Balaban J connectivity index is 1.26. The van der Waals surface area contributed by atoms with E-state index in [1.54, 1.807) is 33.1 Å². The van der Waals surface area contributed by atoms with Crippen molar-refractivity contribution in [2.75, 3.05) is 39.1 Å². The van der Waals surface area contributed by atoms with Gasteiger partial charge in [0.15, 0.2) is 5.78 Å². The zero-order valence-electron chi connectivity index (χ0n) is 50.3.